The van der Waals surface area contributed by atoms with Crippen molar-refractivity contribution in [3.8, 4) is 0 Å². The maximum atomic E-state index is 11.6. The van der Waals surface area contributed by atoms with E-state index in [1.807, 2.05) is 20.8 Å². The number of hydrazine groups is 1. The summed E-state index contributed by atoms with van der Waals surface area (Å²) in [5.41, 5.74) is 4.62. The first kappa shape index (κ1) is 12.8. The Hall–Kier alpha value is -1.30. The summed E-state index contributed by atoms with van der Waals surface area (Å²) < 4.78 is 5.26. The Morgan fingerprint density at radius 2 is 2.00 bits per heavy atom. The highest BCUT2D eigenvalue weighted by molar-refractivity contribution is 5.84. The quantitative estimate of drug-likeness (QED) is 0.590. The van der Waals surface area contributed by atoms with Crippen LogP contribution in [0.3, 0.4) is 0 Å². The van der Waals surface area contributed by atoms with Crippen LogP contribution in [-0.2, 0) is 9.53 Å². The molecule has 0 saturated carbocycles. The fourth-order valence-electron chi connectivity index (χ4n) is 1.52. The topological polar surface area (TPSA) is 79.5 Å². The molecule has 0 radical (unpaired) electrons. The second-order valence-electron chi connectivity index (χ2n) is 4.30. The normalized spacial score (nSPS) is 24.2. The van der Waals surface area contributed by atoms with Crippen LogP contribution in [0.4, 0.5) is 4.79 Å². The summed E-state index contributed by atoms with van der Waals surface area (Å²) >= 11 is 0. The van der Waals surface area contributed by atoms with Gasteiger partial charge < -0.3 is 10.1 Å². The van der Waals surface area contributed by atoms with Gasteiger partial charge in [0.05, 0.1) is 0 Å². The molecular weight excluding hydrogens is 210 g/mol. The number of rotatable bonds is 2. The lowest BCUT2D eigenvalue weighted by Gasteiger charge is -2.15. The third kappa shape index (κ3) is 3.69. The lowest BCUT2D eigenvalue weighted by Crippen LogP contribution is -2.52. The van der Waals surface area contributed by atoms with E-state index in [1.165, 1.54) is 0 Å². The Bertz CT molecular complexity index is 268. The van der Waals surface area contributed by atoms with E-state index < -0.39 is 12.1 Å². The molecule has 0 aromatic carbocycles. The maximum absolute atomic E-state index is 11.6. The Balaban J connectivity index is 2.27. The molecule has 0 bridgehead atoms. The van der Waals surface area contributed by atoms with Crippen LogP contribution >= 0.6 is 0 Å². The zero-order valence-corrected chi connectivity index (χ0v) is 9.87. The van der Waals surface area contributed by atoms with Crippen molar-refractivity contribution >= 4 is 11.9 Å². The molecule has 1 aliphatic heterocycles. The van der Waals surface area contributed by atoms with E-state index >= 15 is 0 Å². The van der Waals surface area contributed by atoms with Crippen molar-refractivity contribution in [1.82, 2.24) is 16.2 Å². The van der Waals surface area contributed by atoms with E-state index in [4.69, 9.17) is 4.74 Å². The minimum Gasteiger partial charge on any atom is -0.368 e. The van der Waals surface area contributed by atoms with E-state index in [-0.39, 0.29) is 17.9 Å². The molecule has 1 heterocycles. The molecule has 1 aliphatic rings. The minimum absolute atomic E-state index is 0.0264. The largest absolute Gasteiger partial charge is 0.368 e. The van der Waals surface area contributed by atoms with Crippen LogP contribution in [0, 0.1) is 5.92 Å². The minimum atomic E-state index is -0.459. The average Bonchev–Trinajstić information content (AvgIpc) is 2.60. The first-order valence-electron chi connectivity index (χ1n) is 5.48. The summed E-state index contributed by atoms with van der Waals surface area (Å²) in [6.07, 6.45) is 0.412. The van der Waals surface area contributed by atoms with Crippen molar-refractivity contribution < 1.29 is 14.3 Å². The van der Waals surface area contributed by atoms with Crippen molar-refractivity contribution in [1.29, 1.82) is 0 Å². The zero-order valence-electron chi connectivity index (χ0n) is 9.87. The molecule has 2 atom stereocenters. The van der Waals surface area contributed by atoms with Gasteiger partial charge in [0.2, 0.25) is 0 Å². The molecule has 1 fully saturated rings. The molecule has 6 nitrogen and oxygen atoms in total. The number of nitrogens with one attached hydrogen (secondary N) is 3. The SMILES string of the molecule is CC(C)NC(=O)NNC(=O)[C@H]1OCC[C@@H]1C. The van der Waals surface area contributed by atoms with Crippen LogP contribution in [0.25, 0.3) is 0 Å². The van der Waals surface area contributed by atoms with Crippen molar-refractivity contribution in [3.63, 3.8) is 0 Å². The van der Waals surface area contributed by atoms with Gasteiger partial charge in [-0.3, -0.25) is 10.2 Å². The third-order valence-corrected chi connectivity index (χ3v) is 2.36. The summed E-state index contributed by atoms with van der Waals surface area (Å²) in [5, 5.41) is 2.59. The lowest BCUT2D eigenvalue weighted by molar-refractivity contribution is -0.132. The highest BCUT2D eigenvalue weighted by Crippen LogP contribution is 2.19. The average molecular weight is 229 g/mol. The Labute approximate surface area is 95.1 Å². The first-order valence-corrected chi connectivity index (χ1v) is 5.48. The molecule has 0 aromatic heterocycles. The molecule has 0 unspecified atom stereocenters. The predicted molar refractivity (Wildman–Crippen MR) is 58.5 cm³/mol. The van der Waals surface area contributed by atoms with Gasteiger partial charge >= 0.3 is 6.03 Å². The first-order chi connectivity index (χ1) is 7.50. The van der Waals surface area contributed by atoms with Gasteiger partial charge in [-0.1, -0.05) is 6.92 Å². The van der Waals surface area contributed by atoms with E-state index in [0.29, 0.717) is 6.61 Å². The second kappa shape index (κ2) is 5.69. The summed E-state index contributed by atoms with van der Waals surface area (Å²) in [7, 11) is 0. The van der Waals surface area contributed by atoms with Crippen LogP contribution in [0.2, 0.25) is 0 Å². The number of ether oxygens (including phenoxy) is 1. The summed E-state index contributed by atoms with van der Waals surface area (Å²) in [6.45, 7) is 6.22. The van der Waals surface area contributed by atoms with Gasteiger partial charge in [0.25, 0.3) is 5.91 Å². The smallest absolute Gasteiger partial charge is 0.333 e. The predicted octanol–water partition coefficient (Wildman–Crippen LogP) is 0.150. The van der Waals surface area contributed by atoms with Crippen molar-refractivity contribution in [3.05, 3.63) is 0 Å². The van der Waals surface area contributed by atoms with E-state index in [2.05, 4.69) is 16.2 Å². The summed E-state index contributed by atoms with van der Waals surface area (Å²) in [4.78, 5) is 22.7. The monoisotopic (exact) mass is 229 g/mol. The second-order valence-corrected chi connectivity index (χ2v) is 4.30. The molecule has 0 aliphatic carbocycles. The maximum Gasteiger partial charge on any atom is 0.333 e. The molecule has 0 aromatic rings. The van der Waals surface area contributed by atoms with Gasteiger partial charge in [-0.25, -0.2) is 10.2 Å². The highest BCUT2D eigenvalue weighted by Gasteiger charge is 2.30. The van der Waals surface area contributed by atoms with Gasteiger partial charge in [-0.15, -0.1) is 0 Å². The molecular formula is C10H19N3O3. The van der Waals surface area contributed by atoms with Crippen molar-refractivity contribution in [2.75, 3.05) is 6.61 Å². The Morgan fingerprint density at radius 1 is 1.31 bits per heavy atom. The molecule has 3 amide bonds. The van der Waals surface area contributed by atoms with Crippen LogP contribution in [0.5, 0.6) is 0 Å². The van der Waals surface area contributed by atoms with Gasteiger partial charge in [-0.05, 0) is 26.2 Å². The van der Waals surface area contributed by atoms with Gasteiger partial charge in [-0.2, -0.15) is 0 Å². The molecule has 6 heteroatoms. The molecule has 0 spiro atoms. The third-order valence-electron chi connectivity index (χ3n) is 2.36. The summed E-state index contributed by atoms with van der Waals surface area (Å²) in [6, 6.07) is -0.396. The standard InChI is InChI=1S/C10H19N3O3/c1-6(2)11-10(15)13-12-9(14)8-7(3)4-5-16-8/h6-8H,4-5H2,1-3H3,(H,12,14)(H2,11,13,15)/t7-,8-/m0/s1. The number of urea groups is 1. The Morgan fingerprint density at radius 3 is 2.50 bits per heavy atom. The van der Waals surface area contributed by atoms with E-state index in [1.54, 1.807) is 0 Å². The zero-order chi connectivity index (χ0) is 12.1. The van der Waals surface area contributed by atoms with Crippen molar-refractivity contribution in [2.24, 2.45) is 5.92 Å². The van der Waals surface area contributed by atoms with Gasteiger partial charge in [0.1, 0.15) is 6.10 Å². The number of hydrogen-bond donors (Lipinski definition) is 3. The van der Waals surface area contributed by atoms with Crippen molar-refractivity contribution in [2.45, 2.75) is 39.3 Å². The van der Waals surface area contributed by atoms with Crippen LogP contribution < -0.4 is 16.2 Å². The van der Waals surface area contributed by atoms with E-state index in [9.17, 15) is 9.59 Å². The number of carbonyl (C=O) groups excluding carboxylic acids is 2. The van der Waals surface area contributed by atoms with Crippen LogP contribution in [-0.4, -0.2) is 30.7 Å². The van der Waals surface area contributed by atoms with E-state index in [0.717, 1.165) is 6.42 Å². The number of carbonyl (C=O) groups is 2. The summed E-state index contributed by atoms with van der Waals surface area (Å²) in [5.74, 6) is -0.112. The molecule has 92 valence electrons. The molecule has 1 rings (SSSR count). The van der Waals surface area contributed by atoms with Crippen LogP contribution in [0.1, 0.15) is 27.2 Å². The van der Waals surface area contributed by atoms with Gasteiger partial charge in [0.15, 0.2) is 0 Å². The number of hydrogen-bond acceptors (Lipinski definition) is 3. The fraction of sp³-hybridized carbons (Fsp3) is 0.800. The Kier molecular flexibility index (Phi) is 4.54. The lowest BCUT2D eigenvalue weighted by atomic mass is 10.0. The van der Waals surface area contributed by atoms with Gasteiger partial charge in [0, 0.05) is 12.6 Å². The van der Waals surface area contributed by atoms with Crippen LogP contribution in [0.15, 0.2) is 0 Å². The number of amides is 3. The molecule has 1 saturated heterocycles. The molecule has 3 N–H and O–H groups in total. The molecule has 16 heavy (non-hydrogen) atoms. The highest BCUT2D eigenvalue weighted by atomic mass is 16.5. The fourth-order valence-corrected chi connectivity index (χ4v) is 1.52.